The van der Waals surface area contributed by atoms with Crippen LogP contribution in [-0.4, -0.2) is 105 Å². The second-order valence-corrected chi connectivity index (χ2v) is 18.4. The largest absolute Gasteiger partial charge is 0.487 e. The Bertz CT molecular complexity index is 2300. The van der Waals surface area contributed by atoms with Crippen molar-refractivity contribution in [2.75, 3.05) is 61.1 Å². The first-order valence-corrected chi connectivity index (χ1v) is 24.4. The highest BCUT2D eigenvalue weighted by molar-refractivity contribution is 7.57. The van der Waals surface area contributed by atoms with E-state index in [9.17, 15) is 37.4 Å². The van der Waals surface area contributed by atoms with Crippen LogP contribution in [-0.2, 0) is 31.5 Å². The van der Waals surface area contributed by atoms with E-state index in [4.69, 9.17) is 64.7 Å². The molecule has 4 rings (SSSR count). The van der Waals surface area contributed by atoms with Crippen LogP contribution >= 0.6 is 42.2 Å². The zero-order chi connectivity index (χ0) is 51.9. The fourth-order valence-electron chi connectivity index (χ4n) is 5.60. The number of aryl methyl sites for hydroxylation is 2. The molecule has 0 spiro atoms. The van der Waals surface area contributed by atoms with Gasteiger partial charge in [0.05, 0.1) is 40.5 Å². The van der Waals surface area contributed by atoms with Crippen LogP contribution in [0.4, 0.5) is 36.4 Å². The summed E-state index contributed by atoms with van der Waals surface area (Å²) in [5.74, 6) is -0.138. The van der Waals surface area contributed by atoms with Crippen molar-refractivity contribution in [1.82, 2.24) is 15.0 Å². The SMILES string of the molecule is CCNc1nc(Cl)nc(NC(C)C)n1.CCOc1cc(Oc2ccc(C(F)(F)F)cc2Cl)ccc1[N+](=O)[O-].CCc1cccc(C)c1N(C(=O)CCl)C(C)COC.CP(=O)(O)CCC(N)C(=O)O. The molecule has 0 aliphatic rings. The van der Waals surface area contributed by atoms with E-state index in [2.05, 4.69) is 38.6 Å². The molecular formula is C43H59Cl3F3N8O10P. The number of carbonyl (C=O) groups excluding carboxylic acids is 1. The Morgan fingerprint density at radius 3 is 2.16 bits per heavy atom. The average molecular weight is 1040 g/mol. The van der Waals surface area contributed by atoms with E-state index in [1.54, 1.807) is 18.9 Å². The van der Waals surface area contributed by atoms with E-state index < -0.39 is 36.0 Å². The molecule has 378 valence electrons. The molecule has 3 aromatic carbocycles. The number of aliphatic carboxylic acids is 1. The minimum Gasteiger partial charge on any atom is -0.487 e. The molecule has 4 aromatic rings. The first-order valence-electron chi connectivity index (χ1n) is 20.8. The van der Waals surface area contributed by atoms with E-state index in [0.717, 1.165) is 48.0 Å². The second kappa shape index (κ2) is 29.8. The number of carbonyl (C=O) groups is 2. The number of rotatable bonds is 19. The number of nitro benzene ring substituents is 1. The Labute approximate surface area is 408 Å². The number of carboxylic acid groups (broad SMARTS) is 1. The zero-order valence-corrected chi connectivity index (χ0v) is 42.2. The third-order valence-corrected chi connectivity index (χ3v) is 10.4. The van der Waals surface area contributed by atoms with Gasteiger partial charge in [-0.15, -0.1) is 11.6 Å². The quantitative estimate of drug-likeness (QED) is 0.0253. The molecule has 0 aliphatic heterocycles. The molecule has 18 nitrogen and oxygen atoms in total. The maximum absolute atomic E-state index is 12.6. The van der Waals surface area contributed by atoms with Crippen molar-refractivity contribution >= 4 is 77.3 Å². The number of carboxylic acids is 1. The molecule has 25 heteroatoms. The summed E-state index contributed by atoms with van der Waals surface area (Å²) in [7, 11) is -1.47. The predicted octanol–water partition coefficient (Wildman–Crippen LogP) is 10.1. The van der Waals surface area contributed by atoms with Crippen molar-refractivity contribution in [2.45, 2.75) is 85.6 Å². The van der Waals surface area contributed by atoms with Gasteiger partial charge in [-0.2, -0.15) is 28.1 Å². The van der Waals surface area contributed by atoms with Gasteiger partial charge in [-0.3, -0.25) is 24.3 Å². The maximum atomic E-state index is 12.6. The molecule has 0 bridgehead atoms. The lowest BCUT2D eigenvalue weighted by molar-refractivity contribution is -0.385. The van der Waals surface area contributed by atoms with E-state index >= 15 is 0 Å². The van der Waals surface area contributed by atoms with Gasteiger partial charge < -0.3 is 45.5 Å². The molecule has 1 amide bonds. The summed E-state index contributed by atoms with van der Waals surface area (Å²) in [5, 5.41) is 25.2. The number of halogens is 6. The van der Waals surface area contributed by atoms with Gasteiger partial charge in [-0.05, 0) is 101 Å². The number of amides is 1. The van der Waals surface area contributed by atoms with E-state index in [1.165, 1.54) is 24.9 Å². The molecule has 0 radical (unpaired) electrons. The van der Waals surface area contributed by atoms with Crippen LogP contribution in [0.3, 0.4) is 0 Å². The molecular weight excluding hydrogens is 983 g/mol. The number of aromatic nitrogens is 3. The molecule has 0 aliphatic carbocycles. The van der Waals surface area contributed by atoms with Gasteiger partial charge in [0, 0.05) is 44.7 Å². The molecule has 1 heterocycles. The van der Waals surface area contributed by atoms with Crippen LogP contribution in [0.5, 0.6) is 17.2 Å². The highest BCUT2D eigenvalue weighted by atomic mass is 35.5. The lowest BCUT2D eigenvalue weighted by atomic mass is 10.0. The lowest BCUT2D eigenvalue weighted by Gasteiger charge is -2.31. The maximum Gasteiger partial charge on any atom is 0.416 e. The number of para-hydroxylation sites is 1. The number of nitrogens with two attached hydrogens (primary N) is 1. The molecule has 0 saturated carbocycles. The topological polar surface area (TPSA) is 254 Å². The summed E-state index contributed by atoms with van der Waals surface area (Å²) >= 11 is 17.3. The standard InChI is InChI=1S/C15H11ClF3NO4.C15H22ClNO2.C8H14ClN5.C5H12NO4P/c1-2-23-14-8-10(4-5-12(14)20(21)22)24-13-6-3-9(7-11(13)16)15(17,18)19;1-5-13-8-6-7-11(2)15(13)17(14(18)9-16)12(3)10-19-4;1-4-10-7-12-6(9)13-8(14-7)11-5(2)3;1-11(9,10)3-2-4(6)5(7)8/h3-8H,2H2,1H3;6-8,12H,5,9-10H2,1-4H3;5H,4H2,1-3H3,(H2,10,11,12,13,14);4H,2-3,6H2,1H3,(H,7,8)(H,9,10). The highest BCUT2D eigenvalue weighted by Gasteiger charge is 2.31. The third kappa shape index (κ3) is 21.9. The Morgan fingerprint density at radius 1 is 1.01 bits per heavy atom. The van der Waals surface area contributed by atoms with Crippen LogP contribution in [0, 0.1) is 17.0 Å². The van der Waals surface area contributed by atoms with Crippen LogP contribution in [0.25, 0.3) is 0 Å². The second-order valence-electron chi connectivity index (χ2n) is 14.8. The predicted molar refractivity (Wildman–Crippen MR) is 259 cm³/mol. The van der Waals surface area contributed by atoms with Gasteiger partial charge in [0.2, 0.25) is 28.8 Å². The number of nitrogens with zero attached hydrogens (tertiary/aromatic N) is 5. The van der Waals surface area contributed by atoms with Crippen LogP contribution < -0.4 is 30.7 Å². The molecule has 68 heavy (non-hydrogen) atoms. The van der Waals surface area contributed by atoms with Crippen molar-refractivity contribution < 1.29 is 56.5 Å². The van der Waals surface area contributed by atoms with Crippen molar-refractivity contribution in [1.29, 1.82) is 0 Å². The van der Waals surface area contributed by atoms with Gasteiger partial charge in [0.25, 0.3) is 0 Å². The third-order valence-electron chi connectivity index (χ3n) is 8.62. The van der Waals surface area contributed by atoms with Gasteiger partial charge in [0.1, 0.15) is 23.4 Å². The Morgan fingerprint density at radius 2 is 1.66 bits per heavy atom. The van der Waals surface area contributed by atoms with Gasteiger partial charge >= 0.3 is 17.8 Å². The number of nitrogens with one attached hydrogen (secondary N) is 2. The smallest absolute Gasteiger partial charge is 0.416 e. The van der Waals surface area contributed by atoms with Crippen molar-refractivity contribution in [2.24, 2.45) is 5.73 Å². The molecule has 1 aromatic heterocycles. The van der Waals surface area contributed by atoms with Crippen LogP contribution in [0.15, 0.2) is 54.6 Å². The molecule has 0 fully saturated rings. The summed E-state index contributed by atoms with van der Waals surface area (Å²) in [5.41, 5.74) is 7.15. The number of anilines is 3. The van der Waals surface area contributed by atoms with E-state index in [0.29, 0.717) is 18.5 Å². The Hall–Kier alpha value is -5.02. The zero-order valence-electron chi connectivity index (χ0n) is 39.1. The van der Waals surface area contributed by atoms with Gasteiger partial charge in [0.15, 0.2) is 7.37 Å². The molecule has 6 N–H and O–H groups in total. The van der Waals surface area contributed by atoms with Gasteiger partial charge in [-0.1, -0.05) is 36.7 Å². The summed E-state index contributed by atoms with van der Waals surface area (Å²) in [6.45, 7) is 16.3. The van der Waals surface area contributed by atoms with Crippen LogP contribution in [0.1, 0.15) is 64.7 Å². The van der Waals surface area contributed by atoms with Crippen LogP contribution in [0.2, 0.25) is 10.3 Å². The minimum atomic E-state index is -4.52. The Kier molecular flexibility index (Phi) is 26.7. The number of nitro groups is 1. The highest BCUT2D eigenvalue weighted by Crippen LogP contribution is 2.39. The molecule has 3 atom stereocenters. The number of ether oxygens (including phenoxy) is 3. The van der Waals surface area contributed by atoms with E-state index in [-0.39, 0.29) is 76.3 Å². The average Bonchev–Trinajstić information content (AvgIpc) is 3.24. The first-order chi connectivity index (χ1) is 31.7. The van der Waals surface area contributed by atoms with Crippen molar-refractivity contribution in [3.63, 3.8) is 0 Å². The fourth-order valence-corrected chi connectivity index (χ4v) is 6.86. The van der Waals surface area contributed by atoms with Gasteiger partial charge in [-0.25, -0.2) is 0 Å². The normalized spacial score (nSPS) is 12.6. The first kappa shape index (κ1) is 61.0. The Balaban J connectivity index is 0.000000473. The van der Waals surface area contributed by atoms with Crippen molar-refractivity contribution in [3.05, 3.63) is 91.7 Å². The number of hydrogen-bond acceptors (Lipinski definition) is 14. The molecule has 0 saturated heterocycles. The lowest BCUT2D eigenvalue weighted by Crippen LogP contribution is -2.43. The number of hydrogen-bond donors (Lipinski definition) is 5. The molecule has 3 unspecified atom stereocenters. The summed E-state index contributed by atoms with van der Waals surface area (Å²) in [4.78, 5) is 55.1. The fraction of sp³-hybridized carbons (Fsp3) is 0.465. The number of methoxy groups -OCH3 is 1. The minimum absolute atomic E-state index is 0.0111. The summed E-state index contributed by atoms with van der Waals surface area (Å²) < 4.78 is 64.2. The van der Waals surface area contributed by atoms with Crippen molar-refractivity contribution in [3.8, 4) is 17.2 Å². The monoisotopic (exact) mass is 1040 g/mol. The van der Waals surface area contributed by atoms with E-state index in [1.807, 2.05) is 46.8 Å². The number of benzene rings is 3. The number of alkyl halides is 4. The summed E-state index contributed by atoms with van der Waals surface area (Å²) in [6, 6.07) is 11.7. The summed E-state index contributed by atoms with van der Waals surface area (Å²) in [6.07, 6.45) is -3.64.